The van der Waals surface area contributed by atoms with Crippen LogP contribution in [0.25, 0.3) is 21.9 Å². The Bertz CT molecular complexity index is 985. The van der Waals surface area contributed by atoms with E-state index in [1.807, 2.05) is 6.07 Å². The van der Waals surface area contributed by atoms with Crippen LogP contribution in [0.2, 0.25) is 0 Å². The Labute approximate surface area is 200 Å². The van der Waals surface area contributed by atoms with Crippen molar-refractivity contribution in [1.29, 1.82) is 0 Å². The Morgan fingerprint density at radius 2 is 1.00 bits per heavy atom. The summed E-state index contributed by atoms with van der Waals surface area (Å²) in [5.41, 5.74) is 4.34. The molecule has 3 heteroatoms. The lowest BCUT2D eigenvalue weighted by Crippen LogP contribution is -2.03. The third kappa shape index (κ3) is 7.42. The van der Waals surface area contributed by atoms with Crippen molar-refractivity contribution in [3.05, 3.63) is 35.4 Å². The van der Waals surface area contributed by atoms with Crippen molar-refractivity contribution < 1.29 is 13.9 Å². The van der Waals surface area contributed by atoms with Crippen molar-refractivity contribution in [2.75, 3.05) is 13.2 Å². The van der Waals surface area contributed by atoms with Gasteiger partial charge in [-0.2, -0.15) is 0 Å². The van der Waals surface area contributed by atoms with E-state index in [1.54, 1.807) is 0 Å². The lowest BCUT2D eigenvalue weighted by molar-refractivity contribution is 0.259. The SMILES string of the molecule is CCCCCCCCOc1cc2oc3cc(C)c(C)cc3c2cc1OCCCCCCCC. The Balaban J connectivity index is 1.70. The van der Waals surface area contributed by atoms with Crippen LogP contribution in [-0.4, -0.2) is 13.2 Å². The molecular formula is C30H44O3. The molecule has 0 saturated carbocycles. The molecule has 0 unspecified atom stereocenters. The molecule has 3 rings (SSSR count). The third-order valence-corrected chi connectivity index (χ3v) is 6.66. The van der Waals surface area contributed by atoms with Crippen molar-refractivity contribution in [1.82, 2.24) is 0 Å². The zero-order valence-electron chi connectivity index (χ0n) is 21.4. The van der Waals surface area contributed by atoms with Crippen LogP contribution in [0.15, 0.2) is 28.7 Å². The van der Waals surface area contributed by atoms with E-state index in [0.29, 0.717) is 0 Å². The summed E-state index contributed by atoms with van der Waals surface area (Å²) < 4.78 is 18.7. The van der Waals surface area contributed by atoms with Gasteiger partial charge in [0.1, 0.15) is 11.2 Å². The summed E-state index contributed by atoms with van der Waals surface area (Å²) in [4.78, 5) is 0. The van der Waals surface area contributed by atoms with E-state index >= 15 is 0 Å². The van der Waals surface area contributed by atoms with Crippen molar-refractivity contribution >= 4 is 21.9 Å². The molecule has 3 nitrogen and oxygen atoms in total. The predicted octanol–water partition coefficient (Wildman–Crippen LogP) is 9.68. The van der Waals surface area contributed by atoms with Crippen LogP contribution in [0.4, 0.5) is 0 Å². The molecule has 33 heavy (non-hydrogen) atoms. The predicted molar refractivity (Wildman–Crippen MR) is 141 cm³/mol. The van der Waals surface area contributed by atoms with E-state index in [2.05, 4.69) is 45.9 Å². The number of fused-ring (bicyclic) bond motifs is 3. The van der Waals surface area contributed by atoms with Crippen LogP contribution in [0, 0.1) is 13.8 Å². The van der Waals surface area contributed by atoms with Gasteiger partial charge < -0.3 is 13.9 Å². The first-order valence-electron chi connectivity index (χ1n) is 13.4. The van der Waals surface area contributed by atoms with E-state index in [4.69, 9.17) is 13.9 Å². The highest BCUT2D eigenvalue weighted by Crippen LogP contribution is 2.39. The molecule has 182 valence electrons. The van der Waals surface area contributed by atoms with Gasteiger partial charge in [0.15, 0.2) is 11.5 Å². The Hall–Kier alpha value is -2.16. The second kappa shape index (κ2) is 13.5. The maximum atomic E-state index is 6.27. The van der Waals surface area contributed by atoms with Crippen molar-refractivity contribution in [3.63, 3.8) is 0 Å². The summed E-state index contributed by atoms with van der Waals surface area (Å²) in [5, 5.41) is 2.26. The quantitative estimate of drug-likeness (QED) is 0.203. The molecule has 0 amide bonds. The fourth-order valence-corrected chi connectivity index (χ4v) is 4.39. The van der Waals surface area contributed by atoms with E-state index in [-0.39, 0.29) is 0 Å². The zero-order valence-corrected chi connectivity index (χ0v) is 21.4. The summed E-state index contributed by atoms with van der Waals surface area (Å²) in [7, 11) is 0. The number of benzene rings is 2. The average Bonchev–Trinajstić information content (AvgIpc) is 3.14. The van der Waals surface area contributed by atoms with Gasteiger partial charge in [-0.05, 0) is 56.0 Å². The first kappa shape index (κ1) is 25.5. The Morgan fingerprint density at radius 3 is 1.61 bits per heavy atom. The highest BCUT2D eigenvalue weighted by atomic mass is 16.5. The fraction of sp³-hybridized carbons (Fsp3) is 0.600. The van der Waals surface area contributed by atoms with Gasteiger partial charge in [0.25, 0.3) is 0 Å². The van der Waals surface area contributed by atoms with E-state index in [0.717, 1.165) is 59.5 Å². The lowest BCUT2D eigenvalue weighted by atomic mass is 10.1. The molecular weight excluding hydrogens is 408 g/mol. The molecule has 3 aromatic rings. The maximum Gasteiger partial charge on any atom is 0.164 e. The molecule has 1 heterocycles. The summed E-state index contributed by atoms with van der Waals surface area (Å²) in [5.74, 6) is 1.66. The van der Waals surface area contributed by atoms with Crippen molar-refractivity contribution in [3.8, 4) is 11.5 Å². The average molecular weight is 453 g/mol. The minimum absolute atomic E-state index is 0.726. The Morgan fingerprint density at radius 1 is 0.545 bits per heavy atom. The zero-order chi connectivity index (χ0) is 23.5. The van der Waals surface area contributed by atoms with Gasteiger partial charge in [0, 0.05) is 16.8 Å². The number of hydrogen-bond acceptors (Lipinski definition) is 3. The van der Waals surface area contributed by atoms with Crippen LogP contribution in [-0.2, 0) is 0 Å². The molecule has 0 aliphatic heterocycles. The molecule has 0 saturated heterocycles. The Kier molecular flexibility index (Phi) is 10.4. The first-order valence-corrected chi connectivity index (χ1v) is 13.4. The second-order valence-corrected chi connectivity index (χ2v) is 9.56. The summed E-state index contributed by atoms with van der Waals surface area (Å²) in [6.45, 7) is 10.3. The highest BCUT2D eigenvalue weighted by molar-refractivity contribution is 6.06. The molecule has 0 spiro atoms. The number of furan rings is 1. The van der Waals surface area contributed by atoms with Gasteiger partial charge in [0.2, 0.25) is 0 Å². The largest absolute Gasteiger partial charge is 0.490 e. The van der Waals surface area contributed by atoms with Gasteiger partial charge in [-0.1, -0.05) is 78.1 Å². The fourth-order valence-electron chi connectivity index (χ4n) is 4.39. The number of rotatable bonds is 16. The van der Waals surface area contributed by atoms with Crippen molar-refractivity contribution in [2.24, 2.45) is 0 Å². The van der Waals surface area contributed by atoms with Crippen LogP contribution in [0.3, 0.4) is 0 Å². The summed E-state index contributed by atoms with van der Waals surface area (Å²) in [6, 6.07) is 8.53. The van der Waals surface area contributed by atoms with E-state index in [1.165, 1.54) is 75.3 Å². The molecule has 0 N–H and O–H groups in total. The van der Waals surface area contributed by atoms with Gasteiger partial charge >= 0.3 is 0 Å². The molecule has 0 radical (unpaired) electrons. The highest BCUT2D eigenvalue weighted by Gasteiger charge is 2.15. The van der Waals surface area contributed by atoms with Gasteiger partial charge in [-0.25, -0.2) is 0 Å². The van der Waals surface area contributed by atoms with Crippen LogP contribution < -0.4 is 9.47 Å². The number of aryl methyl sites for hydroxylation is 2. The topological polar surface area (TPSA) is 31.6 Å². The first-order chi connectivity index (χ1) is 16.1. The van der Waals surface area contributed by atoms with Gasteiger partial charge in [-0.3, -0.25) is 0 Å². The normalized spacial score (nSPS) is 11.5. The van der Waals surface area contributed by atoms with Gasteiger partial charge in [0.05, 0.1) is 13.2 Å². The molecule has 0 atom stereocenters. The standard InChI is InChI=1S/C30H44O3/c1-5-7-9-11-13-15-17-31-29-21-26-25-19-23(3)24(4)20-27(25)33-28(26)22-30(29)32-18-16-14-12-10-8-6-2/h19-22H,5-18H2,1-4H3. The van der Waals surface area contributed by atoms with Crippen LogP contribution in [0.1, 0.15) is 102 Å². The van der Waals surface area contributed by atoms with Crippen LogP contribution in [0.5, 0.6) is 11.5 Å². The monoisotopic (exact) mass is 452 g/mol. The maximum absolute atomic E-state index is 6.27. The number of ether oxygens (including phenoxy) is 2. The number of hydrogen-bond donors (Lipinski definition) is 0. The minimum atomic E-state index is 0.726. The molecule has 2 aromatic carbocycles. The third-order valence-electron chi connectivity index (χ3n) is 6.66. The summed E-state index contributed by atoms with van der Waals surface area (Å²) in [6.07, 6.45) is 15.1. The smallest absolute Gasteiger partial charge is 0.164 e. The van der Waals surface area contributed by atoms with Crippen LogP contribution >= 0.6 is 0 Å². The second-order valence-electron chi connectivity index (χ2n) is 9.56. The van der Waals surface area contributed by atoms with E-state index in [9.17, 15) is 0 Å². The molecule has 1 aromatic heterocycles. The summed E-state index contributed by atoms with van der Waals surface area (Å²) >= 11 is 0. The molecule has 0 aliphatic rings. The lowest BCUT2D eigenvalue weighted by Gasteiger charge is -2.13. The molecule has 0 fully saturated rings. The minimum Gasteiger partial charge on any atom is -0.490 e. The van der Waals surface area contributed by atoms with Gasteiger partial charge in [-0.15, -0.1) is 0 Å². The van der Waals surface area contributed by atoms with Crippen molar-refractivity contribution in [2.45, 2.75) is 105 Å². The molecule has 0 aliphatic carbocycles. The molecule has 0 bridgehead atoms. The number of unbranched alkanes of at least 4 members (excludes halogenated alkanes) is 10. The van der Waals surface area contributed by atoms with E-state index < -0.39 is 0 Å².